The van der Waals surface area contributed by atoms with Crippen LogP contribution in [0.15, 0.2) is 54.6 Å². The fourth-order valence-electron chi connectivity index (χ4n) is 2.98. The summed E-state index contributed by atoms with van der Waals surface area (Å²) >= 11 is 1.76. The van der Waals surface area contributed by atoms with Crippen molar-refractivity contribution in [2.45, 2.75) is 19.6 Å². The molecule has 3 nitrogen and oxygen atoms in total. The van der Waals surface area contributed by atoms with Crippen molar-refractivity contribution in [1.29, 1.82) is 0 Å². The molecule has 26 heavy (non-hydrogen) atoms. The fraction of sp³-hybridized carbons (Fsp3) is 0.286. The number of nitrogens with zero attached hydrogens (tertiary/aromatic N) is 1. The van der Waals surface area contributed by atoms with Crippen molar-refractivity contribution in [1.82, 2.24) is 4.90 Å². The SMILES string of the molecule is CCN(CC)C(=O)CS(=O)Cc1cccc(-c2cc3ccccc3s2)c1. The van der Waals surface area contributed by atoms with Crippen LogP contribution in [-0.2, 0) is 21.3 Å². The van der Waals surface area contributed by atoms with Crippen LogP contribution < -0.4 is 0 Å². The van der Waals surface area contributed by atoms with Gasteiger partial charge >= 0.3 is 0 Å². The summed E-state index contributed by atoms with van der Waals surface area (Å²) in [6.45, 7) is 5.21. The number of hydrogen-bond donors (Lipinski definition) is 0. The van der Waals surface area contributed by atoms with Crippen molar-refractivity contribution in [3.8, 4) is 10.4 Å². The minimum Gasteiger partial charge on any atom is -0.342 e. The molecule has 2 aromatic carbocycles. The van der Waals surface area contributed by atoms with Crippen molar-refractivity contribution in [2.75, 3.05) is 18.8 Å². The van der Waals surface area contributed by atoms with Crippen molar-refractivity contribution < 1.29 is 9.00 Å². The van der Waals surface area contributed by atoms with Gasteiger partial charge in [0.25, 0.3) is 0 Å². The molecule has 0 aliphatic heterocycles. The topological polar surface area (TPSA) is 37.4 Å². The van der Waals surface area contributed by atoms with Crippen LogP contribution >= 0.6 is 11.3 Å². The maximum absolute atomic E-state index is 12.4. The average Bonchev–Trinajstić information content (AvgIpc) is 3.07. The van der Waals surface area contributed by atoms with E-state index in [4.69, 9.17) is 0 Å². The van der Waals surface area contributed by atoms with Gasteiger partial charge in [-0.05, 0) is 48.6 Å². The van der Waals surface area contributed by atoms with Crippen LogP contribution in [0.5, 0.6) is 0 Å². The van der Waals surface area contributed by atoms with E-state index in [1.54, 1.807) is 16.2 Å². The van der Waals surface area contributed by atoms with Crippen LogP contribution in [0.25, 0.3) is 20.5 Å². The molecule has 3 aromatic rings. The van der Waals surface area contributed by atoms with Crippen LogP contribution in [0.4, 0.5) is 0 Å². The number of rotatable bonds is 7. The monoisotopic (exact) mass is 385 g/mol. The minimum absolute atomic E-state index is 0.0333. The molecule has 1 amide bonds. The van der Waals surface area contributed by atoms with Gasteiger partial charge < -0.3 is 4.90 Å². The quantitative estimate of drug-likeness (QED) is 0.592. The molecule has 1 heterocycles. The Bertz CT molecular complexity index is 895. The zero-order valence-electron chi connectivity index (χ0n) is 15.1. The number of thiophene rings is 1. The van der Waals surface area contributed by atoms with E-state index in [2.05, 4.69) is 36.4 Å². The summed E-state index contributed by atoms with van der Waals surface area (Å²) in [7, 11) is -1.19. The van der Waals surface area contributed by atoms with E-state index in [1.165, 1.54) is 15.0 Å². The Labute approximate surface area is 161 Å². The zero-order valence-corrected chi connectivity index (χ0v) is 16.7. The number of carbonyl (C=O) groups is 1. The maximum atomic E-state index is 12.4. The molecule has 5 heteroatoms. The van der Waals surface area contributed by atoms with Gasteiger partial charge in [-0.15, -0.1) is 11.3 Å². The van der Waals surface area contributed by atoms with E-state index in [1.807, 2.05) is 32.0 Å². The van der Waals surface area contributed by atoms with E-state index >= 15 is 0 Å². The Morgan fingerprint density at radius 2 is 1.81 bits per heavy atom. The summed E-state index contributed by atoms with van der Waals surface area (Å²) in [5, 5.41) is 1.24. The summed E-state index contributed by atoms with van der Waals surface area (Å²) in [5.41, 5.74) is 2.14. The van der Waals surface area contributed by atoms with E-state index in [-0.39, 0.29) is 11.7 Å². The normalized spacial score (nSPS) is 12.2. The fourth-order valence-corrected chi connectivity index (χ4v) is 5.15. The molecule has 0 spiro atoms. The Hall–Kier alpha value is -1.98. The van der Waals surface area contributed by atoms with E-state index < -0.39 is 10.8 Å². The second-order valence-corrected chi connectivity index (χ2v) is 8.68. The number of amides is 1. The molecule has 1 atom stereocenters. The second kappa shape index (κ2) is 8.60. The van der Waals surface area contributed by atoms with Gasteiger partial charge in [0.05, 0.1) is 0 Å². The van der Waals surface area contributed by atoms with E-state index in [9.17, 15) is 9.00 Å². The standard InChI is InChI=1S/C21H23NO2S2/c1-3-22(4-2)21(23)15-26(24)14-16-8-7-10-17(12-16)20-13-18-9-5-6-11-19(18)25-20/h5-13H,3-4,14-15H2,1-2H3. The highest BCUT2D eigenvalue weighted by molar-refractivity contribution is 7.84. The van der Waals surface area contributed by atoms with Crippen LogP contribution in [0.3, 0.4) is 0 Å². The summed E-state index contributed by atoms with van der Waals surface area (Å²) in [6, 6.07) is 18.7. The lowest BCUT2D eigenvalue weighted by atomic mass is 10.1. The lowest BCUT2D eigenvalue weighted by Crippen LogP contribution is -2.34. The molecule has 3 rings (SSSR count). The molecule has 0 saturated heterocycles. The highest BCUT2D eigenvalue weighted by atomic mass is 32.2. The molecule has 0 aliphatic carbocycles. The molecule has 0 fully saturated rings. The van der Waals surface area contributed by atoms with Gasteiger partial charge in [-0.3, -0.25) is 9.00 Å². The van der Waals surface area contributed by atoms with Crippen molar-refractivity contribution >= 4 is 38.1 Å². The number of benzene rings is 2. The number of fused-ring (bicyclic) bond motifs is 1. The predicted molar refractivity (Wildman–Crippen MR) is 112 cm³/mol. The van der Waals surface area contributed by atoms with Gasteiger partial charge in [-0.2, -0.15) is 0 Å². The van der Waals surface area contributed by atoms with Crippen LogP contribution in [0.2, 0.25) is 0 Å². The molecule has 136 valence electrons. The van der Waals surface area contributed by atoms with E-state index in [0.717, 1.165) is 11.1 Å². The molecule has 0 bridgehead atoms. The van der Waals surface area contributed by atoms with Gasteiger partial charge in [0.2, 0.25) is 5.91 Å². The molecular formula is C21H23NO2S2. The zero-order chi connectivity index (χ0) is 18.5. The Morgan fingerprint density at radius 1 is 1.04 bits per heavy atom. The van der Waals surface area contributed by atoms with Gasteiger partial charge in [-0.1, -0.05) is 36.4 Å². The Balaban J connectivity index is 1.73. The number of carbonyl (C=O) groups excluding carboxylic acids is 1. The molecule has 1 aromatic heterocycles. The van der Waals surface area contributed by atoms with Crippen LogP contribution in [-0.4, -0.2) is 33.9 Å². The van der Waals surface area contributed by atoms with Crippen LogP contribution in [0, 0.1) is 0 Å². The first-order chi connectivity index (χ1) is 12.6. The summed E-state index contributed by atoms with van der Waals surface area (Å²) in [6.07, 6.45) is 0. The predicted octanol–water partition coefficient (Wildman–Crippen LogP) is 4.69. The van der Waals surface area contributed by atoms with Crippen molar-refractivity contribution in [3.63, 3.8) is 0 Å². The number of hydrogen-bond acceptors (Lipinski definition) is 3. The first kappa shape index (κ1) is 18.8. The summed E-state index contributed by atoms with van der Waals surface area (Å²) < 4.78 is 13.7. The molecule has 0 saturated carbocycles. The highest BCUT2D eigenvalue weighted by Crippen LogP contribution is 2.33. The highest BCUT2D eigenvalue weighted by Gasteiger charge is 2.14. The second-order valence-electron chi connectivity index (χ2n) is 6.14. The summed E-state index contributed by atoms with van der Waals surface area (Å²) in [4.78, 5) is 15.1. The van der Waals surface area contributed by atoms with Gasteiger partial charge in [0.1, 0.15) is 5.75 Å². The minimum atomic E-state index is -1.19. The van der Waals surface area contributed by atoms with Crippen molar-refractivity contribution in [2.24, 2.45) is 0 Å². The lowest BCUT2D eigenvalue weighted by molar-refractivity contribution is -0.128. The molecule has 0 aliphatic rings. The third-order valence-corrected chi connectivity index (χ3v) is 6.75. The first-order valence-electron chi connectivity index (χ1n) is 8.81. The van der Waals surface area contributed by atoms with Gasteiger partial charge in [-0.25, -0.2) is 0 Å². The molecular weight excluding hydrogens is 362 g/mol. The van der Waals surface area contributed by atoms with Crippen molar-refractivity contribution in [3.05, 3.63) is 60.2 Å². The third kappa shape index (κ3) is 4.40. The molecule has 1 unspecified atom stereocenters. The largest absolute Gasteiger partial charge is 0.342 e. The van der Waals surface area contributed by atoms with Gasteiger partial charge in [0, 0.05) is 39.2 Å². The lowest BCUT2D eigenvalue weighted by Gasteiger charge is -2.18. The smallest absolute Gasteiger partial charge is 0.235 e. The molecule has 0 radical (unpaired) electrons. The third-order valence-electron chi connectivity index (χ3n) is 4.37. The Morgan fingerprint density at radius 3 is 2.54 bits per heavy atom. The maximum Gasteiger partial charge on any atom is 0.235 e. The van der Waals surface area contributed by atoms with Crippen LogP contribution in [0.1, 0.15) is 19.4 Å². The Kier molecular flexibility index (Phi) is 6.22. The van der Waals surface area contributed by atoms with E-state index in [0.29, 0.717) is 18.8 Å². The summed E-state index contributed by atoms with van der Waals surface area (Å²) in [5.74, 6) is 0.467. The molecule has 0 N–H and O–H groups in total. The van der Waals surface area contributed by atoms with Gasteiger partial charge in [0.15, 0.2) is 0 Å². The first-order valence-corrected chi connectivity index (χ1v) is 11.1. The average molecular weight is 386 g/mol.